The van der Waals surface area contributed by atoms with Crippen LogP contribution in [0.2, 0.25) is 0 Å². The van der Waals surface area contributed by atoms with Crippen molar-refractivity contribution in [1.82, 2.24) is 5.32 Å². The van der Waals surface area contributed by atoms with Gasteiger partial charge in [-0.25, -0.2) is 0 Å². The van der Waals surface area contributed by atoms with Gasteiger partial charge >= 0.3 is 0 Å². The fourth-order valence-corrected chi connectivity index (χ4v) is 3.60. The topological polar surface area (TPSA) is 62.5 Å². The van der Waals surface area contributed by atoms with E-state index in [2.05, 4.69) is 5.32 Å². The summed E-state index contributed by atoms with van der Waals surface area (Å²) in [6.45, 7) is 0.209. The summed E-state index contributed by atoms with van der Waals surface area (Å²) in [5.74, 6) is 0.691. The molecule has 0 aliphatic carbocycles. The van der Waals surface area contributed by atoms with Gasteiger partial charge in [0.15, 0.2) is 0 Å². The van der Waals surface area contributed by atoms with E-state index in [1.807, 2.05) is 40.4 Å². The molecule has 3 rings (SSSR count). The molecule has 1 atom stereocenters. The van der Waals surface area contributed by atoms with E-state index in [1.165, 1.54) is 11.3 Å². The second kappa shape index (κ2) is 6.91. The first-order chi connectivity index (χ1) is 10.7. The zero-order chi connectivity index (χ0) is 15.4. The van der Waals surface area contributed by atoms with Crippen LogP contribution in [0.15, 0.2) is 51.1 Å². The number of hydrogen-bond donors (Lipinski definition) is 2. The van der Waals surface area contributed by atoms with E-state index in [0.29, 0.717) is 6.42 Å². The van der Waals surface area contributed by atoms with Crippen LogP contribution in [-0.4, -0.2) is 17.6 Å². The predicted octanol–water partition coefficient (Wildman–Crippen LogP) is 3.46. The van der Waals surface area contributed by atoms with Gasteiger partial charge in [0.2, 0.25) is 5.91 Å². The minimum Gasteiger partial charge on any atom is -0.464 e. The summed E-state index contributed by atoms with van der Waals surface area (Å²) in [4.78, 5) is 12.6. The van der Waals surface area contributed by atoms with Crippen molar-refractivity contribution in [3.8, 4) is 11.3 Å². The van der Waals surface area contributed by atoms with Crippen molar-refractivity contribution < 1.29 is 14.3 Å². The molecular weight excluding hydrogens is 318 g/mol. The lowest BCUT2D eigenvalue weighted by Crippen LogP contribution is -2.29. The van der Waals surface area contributed by atoms with Gasteiger partial charge < -0.3 is 14.8 Å². The Morgan fingerprint density at radius 3 is 3.00 bits per heavy atom. The Morgan fingerprint density at radius 2 is 2.27 bits per heavy atom. The third-order valence-electron chi connectivity index (χ3n) is 3.19. The normalized spacial score (nSPS) is 12.2. The number of carbonyl (C=O) groups is 1. The van der Waals surface area contributed by atoms with Gasteiger partial charge in [-0.15, -0.1) is 11.3 Å². The van der Waals surface area contributed by atoms with E-state index < -0.39 is 6.10 Å². The SMILES string of the molecule is O=C(Cc1ccsc1)NCC(O)c1cc(-c2ccco2)cs1. The summed E-state index contributed by atoms with van der Waals surface area (Å²) in [5.41, 5.74) is 1.93. The molecule has 0 saturated heterocycles. The Morgan fingerprint density at radius 1 is 1.36 bits per heavy atom. The molecular formula is C16H15NO3S2. The van der Waals surface area contributed by atoms with Gasteiger partial charge in [-0.05, 0) is 40.6 Å². The Kier molecular flexibility index (Phi) is 4.72. The number of rotatable bonds is 6. The number of amides is 1. The molecule has 6 heteroatoms. The molecule has 3 aromatic heterocycles. The molecule has 1 unspecified atom stereocenters. The summed E-state index contributed by atoms with van der Waals surface area (Å²) in [6, 6.07) is 7.52. The lowest BCUT2D eigenvalue weighted by molar-refractivity contribution is -0.120. The molecule has 3 heterocycles. The predicted molar refractivity (Wildman–Crippen MR) is 88.0 cm³/mol. The molecule has 22 heavy (non-hydrogen) atoms. The van der Waals surface area contributed by atoms with Crippen LogP contribution in [0.25, 0.3) is 11.3 Å². The lowest BCUT2D eigenvalue weighted by Gasteiger charge is -2.09. The zero-order valence-electron chi connectivity index (χ0n) is 11.7. The third kappa shape index (κ3) is 3.65. The molecule has 0 aliphatic heterocycles. The number of hydrogen-bond acceptors (Lipinski definition) is 5. The zero-order valence-corrected chi connectivity index (χ0v) is 13.3. The van der Waals surface area contributed by atoms with Gasteiger partial charge in [0.25, 0.3) is 0 Å². The molecule has 1 amide bonds. The Labute approximate surface area is 136 Å². The largest absolute Gasteiger partial charge is 0.464 e. The van der Waals surface area contributed by atoms with Crippen LogP contribution in [0.3, 0.4) is 0 Å². The highest BCUT2D eigenvalue weighted by Gasteiger charge is 2.14. The average molecular weight is 333 g/mol. The van der Waals surface area contributed by atoms with Crippen LogP contribution in [0.5, 0.6) is 0 Å². The fourth-order valence-electron chi connectivity index (χ4n) is 2.05. The van der Waals surface area contributed by atoms with Crippen LogP contribution < -0.4 is 5.32 Å². The first-order valence-electron chi connectivity index (χ1n) is 6.80. The molecule has 3 aromatic rings. The summed E-state index contributed by atoms with van der Waals surface area (Å²) >= 11 is 3.02. The van der Waals surface area contributed by atoms with E-state index in [0.717, 1.165) is 21.8 Å². The van der Waals surface area contributed by atoms with Crippen molar-refractivity contribution in [3.63, 3.8) is 0 Å². The standard InChI is InChI=1S/C16H15NO3S2/c18-13(8-17-16(19)6-11-3-5-21-9-11)15-7-12(10-22-15)14-2-1-4-20-14/h1-5,7,9-10,13,18H,6,8H2,(H,17,19). The van der Waals surface area contributed by atoms with E-state index >= 15 is 0 Å². The lowest BCUT2D eigenvalue weighted by atomic mass is 10.2. The number of thiophene rings is 2. The van der Waals surface area contributed by atoms with Crippen molar-refractivity contribution in [1.29, 1.82) is 0 Å². The van der Waals surface area contributed by atoms with Crippen molar-refractivity contribution in [2.75, 3.05) is 6.54 Å². The van der Waals surface area contributed by atoms with Crippen LogP contribution in [0.4, 0.5) is 0 Å². The maximum absolute atomic E-state index is 11.8. The summed E-state index contributed by atoms with van der Waals surface area (Å²) in [7, 11) is 0. The molecule has 0 bridgehead atoms. The fraction of sp³-hybridized carbons (Fsp3) is 0.188. The van der Waals surface area contributed by atoms with Crippen molar-refractivity contribution in [2.24, 2.45) is 0 Å². The second-order valence-corrected chi connectivity index (χ2v) is 6.57. The number of aliphatic hydroxyl groups is 1. The van der Waals surface area contributed by atoms with Crippen LogP contribution in [-0.2, 0) is 11.2 Å². The molecule has 0 spiro atoms. The second-order valence-electron chi connectivity index (χ2n) is 4.84. The maximum atomic E-state index is 11.8. The number of furan rings is 1. The van der Waals surface area contributed by atoms with E-state index in [9.17, 15) is 9.90 Å². The molecule has 2 N–H and O–H groups in total. The van der Waals surface area contributed by atoms with Gasteiger partial charge in [0.05, 0.1) is 12.7 Å². The van der Waals surface area contributed by atoms with Crippen molar-refractivity contribution in [3.05, 3.63) is 57.1 Å². The van der Waals surface area contributed by atoms with Gasteiger partial charge in [-0.3, -0.25) is 4.79 Å². The quantitative estimate of drug-likeness (QED) is 0.726. The van der Waals surface area contributed by atoms with E-state index in [1.54, 1.807) is 17.6 Å². The molecule has 0 fully saturated rings. The Balaban J connectivity index is 1.53. The van der Waals surface area contributed by atoms with E-state index in [4.69, 9.17) is 4.42 Å². The van der Waals surface area contributed by atoms with Gasteiger partial charge in [0, 0.05) is 22.4 Å². The Bertz CT molecular complexity index is 717. The van der Waals surface area contributed by atoms with Gasteiger partial charge in [-0.1, -0.05) is 0 Å². The first-order valence-corrected chi connectivity index (χ1v) is 8.63. The average Bonchev–Trinajstić information content (AvgIpc) is 3.23. The molecule has 0 aromatic carbocycles. The Hall–Kier alpha value is -1.89. The van der Waals surface area contributed by atoms with Crippen molar-refractivity contribution in [2.45, 2.75) is 12.5 Å². The smallest absolute Gasteiger partial charge is 0.224 e. The van der Waals surface area contributed by atoms with Crippen LogP contribution in [0.1, 0.15) is 16.5 Å². The molecule has 4 nitrogen and oxygen atoms in total. The minimum absolute atomic E-state index is 0.0831. The molecule has 0 radical (unpaired) electrons. The summed E-state index contributed by atoms with van der Waals surface area (Å²) < 4.78 is 5.33. The van der Waals surface area contributed by atoms with Gasteiger partial charge in [-0.2, -0.15) is 11.3 Å². The highest BCUT2D eigenvalue weighted by Crippen LogP contribution is 2.29. The first kappa shape index (κ1) is 15.0. The minimum atomic E-state index is -0.708. The third-order valence-corrected chi connectivity index (χ3v) is 4.96. The van der Waals surface area contributed by atoms with Gasteiger partial charge in [0.1, 0.15) is 11.9 Å². The molecule has 114 valence electrons. The highest BCUT2D eigenvalue weighted by atomic mass is 32.1. The molecule has 0 saturated carbocycles. The van der Waals surface area contributed by atoms with Crippen LogP contribution in [0, 0.1) is 0 Å². The number of aliphatic hydroxyl groups excluding tert-OH is 1. The highest BCUT2D eigenvalue weighted by molar-refractivity contribution is 7.10. The molecule has 0 aliphatic rings. The summed E-state index contributed by atoms with van der Waals surface area (Å²) in [6.07, 6.45) is 1.26. The van der Waals surface area contributed by atoms with Crippen LogP contribution >= 0.6 is 22.7 Å². The maximum Gasteiger partial charge on any atom is 0.224 e. The monoisotopic (exact) mass is 333 g/mol. The van der Waals surface area contributed by atoms with Crippen molar-refractivity contribution >= 4 is 28.6 Å². The van der Waals surface area contributed by atoms with E-state index in [-0.39, 0.29) is 12.5 Å². The number of carbonyl (C=O) groups excluding carboxylic acids is 1. The number of nitrogens with one attached hydrogen (secondary N) is 1. The summed E-state index contributed by atoms with van der Waals surface area (Å²) in [5, 5.41) is 18.8.